The highest BCUT2D eigenvalue weighted by Crippen LogP contribution is 2.15. The van der Waals surface area contributed by atoms with E-state index in [4.69, 9.17) is 4.52 Å². The van der Waals surface area contributed by atoms with Gasteiger partial charge in [0.25, 0.3) is 5.89 Å². The molecular formula is C13H13N5O. The molecule has 19 heavy (non-hydrogen) atoms. The van der Waals surface area contributed by atoms with E-state index < -0.39 is 0 Å². The predicted octanol–water partition coefficient (Wildman–Crippen LogP) is 1.98. The van der Waals surface area contributed by atoms with Gasteiger partial charge in [0, 0.05) is 32.6 Å². The highest BCUT2D eigenvalue weighted by Gasteiger charge is 2.09. The molecule has 0 aliphatic carbocycles. The average Bonchev–Trinajstić information content (AvgIpc) is 3.07. The highest BCUT2D eigenvalue weighted by molar-refractivity contribution is 5.66. The Kier molecular flexibility index (Phi) is 2.75. The smallest absolute Gasteiger partial charge is 0.251 e. The Bertz CT molecular complexity index is 719. The fourth-order valence-corrected chi connectivity index (χ4v) is 1.77. The Hall–Kier alpha value is -2.63. The van der Waals surface area contributed by atoms with E-state index in [9.17, 15) is 0 Å². The monoisotopic (exact) mass is 255 g/mol. The number of imidazole rings is 1. The second kappa shape index (κ2) is 4.56. The maximum atomic E-state index is 5.18. The normalized spacial score (nSPS) is 11.5. The summed E-state index contributed by atoms with van der Waals surface area (Å²) in [4.78, 5) is 8.33. The Morgan fingerprint density at radius 3 is 2.84 bits per heavy atom. The first-order valence-electron chi connectivity index (χ1n) is 5.83. The number of aryl methyl sites for hydroxylation is 2. The maximum absolute atomic E-state index is 5.18. The highest BCUT2D eigenvalue weighted by atomic mass is 16.5. The fraction of sp³-hybridized carbons (Fsp3) is 0.154. The third-order valence-corrected chi connectivity index (χ3v) is 2.76. The zero-order valence-electron chi connectivity index (χ0n) is 10.7. The lowest BCUT2D eigenvalue weighted by atomic mass is 10.3. The van der Waals surface area contributed by atoms with Crippen molar-refractivity contribution in [2.75, 3.05) is 0 Å². The summed E-state index contributed by atoms with van der Waals surface area (Å²) in [6.45, 7) is 0. The molecule has 3 aromatic heterocycles. The Balaban J connectivity index is 1.82. The van der Waals surface area contributed by atoms with Gasteiger partial charge in [-0.3, -0.25) is 0 Å². The first kappa shape index (κ1) is 11.5. The predicted molar refractivity (Wildman–Crippen MR) is 70.8 cm³/mol. The van der Waals surface area contributed by atoms with Crippen molar-refractivity contribution in [3.05, 3.63) is 42.4 Å². The Labute approximate surface area is 110 Å². The third kappa shape index (κ3) is 2.33. The van der Waals surface area contributed by atoms with E-state index >= 15 is 0 Å². The van der Waals surface area contributed by atoms with Gasteiger partial charge < -0.3 is 13.7 Å². The number of aromatic nitrogens is 5. The Morgan fingerprint density at radius 2 is 2.16 bits per heavy atom. The van der Waals surface area contributed by atoms with Crippen molar-refractivity contribution in [2.45, 2.75) is 0 Å². The molecule has 0 bridgehead atoms. The molecule has 0 saturated heterocycles. The molecule has 3 rings (SSSR count). The van der Waals surface area contributed by atoms with E-state index in [0.717, 1.165) is 11.3 Å². The molecule has 0 radical (unpaired) electrons. The van der Waals surface area contributed by atoms with Gasteiger partial charge in [-0.2, -0.15) is 4.98 Å². The van der Waals surface area contributed by atoms with Crippen LogP contribution < -0.4 is 0 Å². The van der Waals surface area contributed by atoms with Gasteiger partial charge in [-0.05, 0) is 17.7 Å². The topological polar surface area (TPSA) is 61.7 Å². The summed E-state index contributed by atoms with van der Waals surface area (Å²) in [5.41, 5.74) is 1.91. The molecule has 3 heterocycles. The summed E-state index contributed by atoms with van der Waals surface area (Å²) < 4.78 is 9.00. The van der Waals surface area contributed by atoms with E-state index in [1.807, 2.05) is 47.8 Å². The van der Waals surface area contributed by atoms with Crippen LogP contribution in [-0.2, 0) is 14.1 Å². The second-order valence-corrected chi connectivity index (χ2v) is 4.29. The van der Waals surface area contributed by atoms with Crippen LogP contribution in [0.4, 0.5) is 0 Å². The second-order valence-electron chi connectivity index (χ2n) is 4.29. The minimum Gasteiger partial charge on any atom is -0.357 e. The lowest BCUT2D eigenvalue weighted by Crippen LogP contribution is -1.90. The van der Waals surface area contributed by atoms with Crippen LogP contribution in [0.15, 0.2) is 35.5 Å². The molecule has 0 N–H and O–H groups in total. The zero-order chi connectivity index (χ0) is 13.2. The number of rotatable bonds is 3. The molecule has 0 aliphatic heterocycles. The van der Waals surface area contributed by atoms with E-state index in [-0.39, 0.29) is 0 Å². The van der Waals surface area contributed by atoms with Gasteiger partial charge >= 0.3 is 0 Å². The van der Waals surface area contributed by atoms with Crippen LogP contribution in [0.25, 0.3) is 23.7 Å². The van der Waals surface area contributed by atoms with Gasteiger partial charge in [0.05, 0.1) is 12.5 Å². The minimum atomic E-state index is 0.472. The van der Waals surface area contributed by atoms with Crippen molar-refractivity contribution < 1.29 is 4.52 Å². The lowest BCUT2D eigenvalue weighted by molar-refractivity contribution is 0.411. The van der Waals surface area contributed by atoms with Crippen molar-refractivity contribution in [1.29, 1.82) is 0 Å². The lowest BCUT2D eigenvalue weighted by Gasteiger charge is -1.92. The van der Waals surface area contributed by atoms with Crippen molar-refractivity contribution in [1.82, 2.24) is 24.3 Å². The van der Waals surface area contributed by atoms with E-state index in [0.29, 0.717) is 11.7 Å². The summed E-state index contributed by atoms with van der Waals surface area (Å²) >= 11 is 0. The summed E-state index contributed by atoms with van der Waals surface area (Å²) in [5, 5.41) is 3.93. The molecular weight excluding hydrogens is 242 g/mol. The van der Waals surface area contributed by atoms with Gasteiger partial charge in [0.15, 0.2) is 0 Å². The van der Waals surface area contributed by atoms with E-state index in [2.05, 4.69) is 15.1 Å². The van der Waals surface area contributed by atoms with Crippen LogP contribution in [0.1, 0.15) is 11.5 Å². The standard InChI is InChI=1S/C13H13N5O/c1-17-6-5-10(8-17)3-4-12-15-13(16-19-12)11-7-14-9-18(11)2/h3-9H,1-2H3/b4-3+. The number of hydrogen-bond acceptors (Lipinski definition) is 4. The largest absolute Gasteiger partial charge is 0.357 e. The summed E-state index contributed by atoms with van der Waals surface area (Å²) in [7, 11) is 3.86. The van der Waals surface area contributed by atoms with Crippen molar-refractivity contribution in [3.63, 3.8) is 0 Å². The minimum absolute atomic E-state index is 0.472. The van der Waals surface area contributed by atoms with Gasteiger partial charge in [0.2, 0.25) is 5.82 Å². The third-order valence-electron chi connectivity index (χ3n) is 2.76. The molecule has 0 saturated carbocycles. The van der Waals surface area contributed by atoms with Crippen LogP contribution in [0.5, 0.6) is 0 Å². The SMILES string of the molecule is Cn1ccc(/C=C/c2nc(-c3cncn3C)no2)c1. The van der Waals surface area contributed by atoms with Crippen LogP contribution in [-0.4, -0.2) is 24.3 Å². The van der Waals surface area contributed by atoms with E-state index in [1.165, 1.54) is 0 Å². The molecule has 6 nitrogen and oxygen atoms in total. The fourth-order valence-electron chi connectivity index (χ4n) is 1.77. The van der Waals surface area contributed by atoms with Gasteiger partial charge in [-0.25, -0.2) is 4.98 Å². The summed E-state index contributed by atoms with van der Waals surface area (Å²) in [5.74, 6) is 1.01. The summed E-state index contributed by atoms with van der Waals surface area (Å²) in [6.07, 6.45) is 11.1. The van der Waals surface area contributed by atoms with Gasteiger partial charge in [-0.15, -0.1) is 0 Å². The molecule has 0 spiro atoms. The zero-order valence-corrected chi connectivity index (χ0v) is 10.7. The molecule has 0 unspecified atom stereocenters. The Morgan fingerprint density at radius 1 is 1.26 bits per heavy atom. The van der Waals surface area contributed by atoms with Crippen molar-refractivity contribution in [2.24, 2.45) is 14.1 Å². The number of hydrogen-bond donors (Lipinski definition) is 0. The average molecular weight is 255 g/mol. The van der Waals surface area contributed by atoms with Crippen molar-refractivity contribution in [3.8, 4) is 11.5 Å². The molecule has 3 aromatic rings. The van der Waals surface area contributed by atoms with Crippen molar-refractivity contribution >= 4 is 12.2 Å². The molecule has 0 amide bonds. The van der Waals surface area contributed by atoms with Gasteiger partial charge in [-0.1, -0.05) is 5.16 Å². The molecule has 96 valence electrons. The maximum Gasteiger partial charge on any atom is 0.251 e. The van der Waals surface area contributed by atoms with Crippen LogP contribution in [0, 0.1) is 0 Å². The molecule has 6 heteroatoms. The molecule has 0 aliphatic rings. The summed E-state index contributed by atoms with van der Waals surface area (Å²) in [6, 6.07) is 2.01. The quantitative estimate of drug-likeness (QED) is 0.718. The van der Waals surface area contributed by atoms with Crippen LogP contribution in [0.2, 0.25) is 0 Å². The molecule has 0 atom stereocenters. The van der Waals surface area contributed by atoms with Gasteiger partial charge in [0.1, 0.15) is 5.69 Å². The molecule has 0 fully saturated rings. The van der Waals surface area contributed by atoms with Crippen LogP contribution >= 0.6 is 0 Å². The first-order chi connectivity index (χ1) is 9.22. The first-order valence-corrected chi connectivity index (χ1v) is 5.83. The molecule has 0 aromatic carbocycles. The number of nitrogens with zero attached hydrogens (tertiary/aromatic N) is 5. The van der Waals surface area contributed by atoms with E-state index in [1.54, 1.807) is 18.6 Å². The van der Waals surface area contributed by atoms with Crippen LogP contribution in [0.3, 0.4) is 0 Å².